The van der Waals surface area contributed by atoms with Crippen LogP contribution in [0.1, 0.15) is 116 Å². The summed E-state index contributed by atoms with van der Waals surface area (Å²) in [6.07, 6.45) is 0. The lowest BCUT2D eigenvalue weighted by Crippen LogP contribution is -2.61. The second kappa shape index (κ2) is 14.0. The Hall–Kier alpha value is -5.52. The van der Waals surface area contributed by atoms with Gasteiger partial charge in [-0.1, -0.05) is 132 Å². The van der Waals surface area contributed by atoms with Gasteiger partial charge in [0.05, 0.1) is 17.0 Å². The lowest BCUT2D eigenvalue weighted by Gasteiger charge is -2.44. The van der Waals surface area contributed by atoms with Gasteiger partial charge in [-0.05, 0) is 151 Å². The molecule has 318 valence electrons. The zero-order chi connectivity index (χ0) is 44.7. The van der Waals surface area contributed by atoms with Crippen molar-refractivity contribution >= 4 is 89.8 Å². The Kier molecular flexibility index (Phi) is 9.21. The van der Waals surface area contributed by atoms with Crippen molar-refractivity contribution in [2.75, 3.05) is 9.80 Å². The highest BCUT2D eigenvalue weighted by Gasteiger charge is 2.48. The van der Waals surface area contributed by atoms with Crippen LogP contribution in [0.15, 0.2) is 119 Å². The van der Waals surface area contributed by atoms with Crippen LogP contribution in [0.2, 0.25) is 0 Å². The van der Waals surface area contributed by atoms with Crippen molar-refractivity contribution in [3.05, 3.63) is 148 Å². The van der Waals surface area contributed by atoms with Crippen LogP contribution >= 0.6 is 11.3 Å². The third-order valence-electron chi connectivity index (χ3n) is 13.8. The molecule has 3 nitrogen and oxygen atoms in total. The minimum absolute atomic E-state index is 0.0405. The first kappa shape index (κ1) is 41.5. The summed E-state index contributed by atoms with van der Waals surface area (Å²) < 4.78 is 8.70. The zero-order valence-electron chi connectivity index (χ0n) is 39.8. The summed E-state index contributed by atoms with van der Waals surface area (Å²) in [5, 5.41) is 4.80. The van der Waals surface area contributed by atoms with E-state index in [4.69, 9.17) is 4.42 Å². The first-order valence-corrected chi connectivity index (χ1v) is 23.7. The highest BCUT2D eigenvalue weighted by Crippen LogP contribution is 2.51. The van der Waals surface area contributed by atoms with Crippen molar-refractivity contribution in [2.24, 2.45) is 0 Å². The van der Waals surface area contributed by atoms with Gasteiger partial charge in [0.2, 0.25) is 0 Å². The lowest BCUT2D eigenvalue weighted by molar-refractivity contribution is 0.589. The number of aryl methyl sites for hydroxylation is 2. The van der Waals surface area contributed by atoms with Crippen LogP contribution in [0, 0.1) is 13.8 Å². The molecule has 0 saturated heterocycles. The first-order valence-electron chi connectivity index (χ1n) is 22.8. The molecule has 0 bridgehead atoms. The fourth-order valence-electron chi connectivity index (χ4n) is 10.1. The minimum atomic E-state index is -0.128. The van der Waals surface area contributed by atoms with Crippen molar-refractivity contribution in [1.29, 1.82) is 0 Å². The maximum Gasteiger partial charge on any atom is 0.297 e. The molecule has 2 aliphatic rings. The van der Waals surface area contributed by atoms with Crippen molar-refractivity contribution in [3.63, 3.8) is 0 Å². The second-order valence-electron chi connectivity index (χ2n) is 22.5. The maximum atomic E-state index is 7.38. The molecule has 0 atom stereocenters. The van der Waals surface area contributed by atoms with E-state index in [0.29, 0.717) is 0 Å². The topological polar surface area (TPSA) is 19.6 Å². The zero-order valence-corrected chi connectivity index (χ0v) is 40.6. The number of fused-ring (bicyclic) bond motifs is 7. The predicted octanol–water partition coefficient (Wildman–Crippen LogP) is 15.2. The molecule has 0 unspecified atom stereocenters. The number of hydrogen-bond donors (Lipinski definition) is 0. The van der Waals surface area contributed by atoms with E-state index < -0.39 is 0 Å². The second-order valence-corrected chi connectivity index (χ2v) is 23.4. The summed E-state index contributed by atoms with van der Waals surface area (Å²) in [4.78, 5) is 5.16. The molecule has 2 aliphatic heterocycles. The van der Waals surface area contributed by atoms with Gasteiger partial charge in [-0.25, -0.2) is 0 Å². The molecular weight excluding hydrogens is 784 g/mol. The van der Waals surface area contributed by atoms with Gasteiger partial charge in [-0.15, -0.1) is 11.3 Å². The Morgan fingerprint density at radius 3 is 1.71 bits per heavy atom. The molecule has 0 spiro atoms. The molecule has 8 aromatic rings. The average Bonchev–Trinajstić information content (AvgIpc) is 3.81. The molecule has 6 aromatic carbocycles. The molecule has 63 heavy (non-hydrogen) atoms. The quantitative estimate of drug-likeness (QED) is 0.165. The number of anilines is 6. The smallest absolute Gasteiger partial charge is 0.297 e. The third kappa shape index (κ3) is 6.68. The summed E-state index contributed by atoms with van der Waals surface area (Å²) >= 11 is 1.82. The molecule has 5 heteroatoms. The van der Waals surface area contributed by atoms with E-state index in [1.165, 1.54) is 88.3 Å². The van der Waals surface area contributed by atoms with Crippen molar-refractivity contribution in [1.82, 2.24) is 0 Å². The lowest BCUT2D eigenvalue weighted by atomic mass is 9.35. The summed E-state index contributed by atoms with van der Waals surface area (Å²) in [6.45, 7) is 32.3. The van der Waals surface area contributed by atoms with E-state index in [9.17, 15) is 0 Å². The van der Waals surface area contributed by atoms with E-state index in [2.05, 4.69) is 221 Å². The summed E-state index contributed by atoms with van der Waals surface area (Å²) in [6, 6.07) is 42.1. The SMILES string of the molecule is Cc1cc(-c2csc3ccccc23)cc(C)c1N1c2cc(C(C)(C)C)cc3c2B(c2cc(C(C)(C)C)ccc2N3c2ccc(C(C)(C)C)cc2)c2oc3ccc(C(C)(C)C)cc3c21. The number of furan rings is 1. The van der Waals surface area contributed by atoms with Crippen LogP contribution in [0.4, 0.5) is 34.1 Å². The predicted molar refractivity (Wildman–Crippen MR) is 275 cm³/mol. The Labute approximate surface area is 379 Å². The maximum absolute atomic E-state index is 7.38. The largest absolute Gasteiger partial charge is 0.468 e. The first-order chi connectivity index (χ1) is 29.6. The normalized spacial score (nSPS) is 14.1. The van der Waals surface area contributed by atoms with Gasteiger partial charge < -0.3 is 14.2 Å². The Morgan fingerprint density at radius 2 is 1.08 bits per heavy atom. The van der Waals surface area contributed by atoms with Gasteiger partial charge in [0.15, 0.2) is 0 Å². The number of rotatable bonds is 3. The van der Waals surface area contributed by atoms with Crippen LogP contribution in [0.3, 0.4) is 0 Å². The van der Waals surface area contributed by atoms with Crippen LogP contribution < -0.4 is 26.4 Å². The van der Waals surface area contributed by atoms with Gasteiger partial charge >= 0.3 is 0 Å². The van der Waals surface area contributed by atoms with E-state index in [1.54, 1.807) is 0 Å². The number of hydrogen-bond acceptors (Lipinski definition) is 4. The number of benzene rings is 6. The molecule has 2 aromatic heterocycles. The van der Waals surface area contributed by atoms with Crippen molar-refractivity contribution in [3.8, 4) is 11.1 Å². The minimum Gasteiger partial charge on any atom is -0.468 e. The summed E-state index contributed by atoms with van der Waals surface area (Å²) in [5.41, 5.74) is 21.8. The van der Waals surface area contributed by atoms with Gasteiger partial charge in [0.25, 0.3) is 6.71 Å². The summed E-state index contributed by atoms with van der Waals surface area (Å²) in [7, 11) is 0. The standard InChI is InChI=1S/C58H61BN2OS/c1-34-27-36(44-33-63-50-18-16-15-17-42(44)50)28-35(2)52(34)61-48-32-40(58(12,13)14)31-47-51(48)59(54-53(61)43-29-38(56(6,7)8)22-26-49(43)62-54)45-30-39(57(9,10)11)21-25-46(45)60(47)41-23-19-37(20-24-41)55(3,4)5/h15-33H,1-14H3. The van der Waals surface area contributed by atoms with Crippen molar-refractivity contribution < 1.29 is 4.42 Å². The third-order valence-corrected chi connectivity index (χ3v) is 14.7. The van der Waals surface area contributed by atoms with E-state index in [0.717, 1.165) is 28.0 Å². The van der Waals surface area contributed by atoms with Crippen LogP contribution in [-0.4, -0.2) is 6.71 Å². The summed E-state index contributed by atoms with van der Waals surface area (Å²) in [5.74, 6) is 0. The Morgan fingerprint density at radius 1 is 0.508 bits per heavy atom. The number of nitrogens with zero attached hydrogens (tertiary/aromatic N) is 2. The monoisotopic (exact) mass is 844 g/mol. The van der Waals surface area contributed by atoms with Gasteiger partial charge in [-0.2, -0.15) is 0 Å². The molecule has 4 heterocycles. The molecular formula is C58H61BN2OS. The average molecular weight is 845 g/mol. The Bertz CT molecular complexity index is 3110. The molecule has 0 radical (unpaired) electrons. The van der Waals surface area contributed by atoms with Gasteiger partial charge in [0, 0.05) is 43.8 Å². The molecule has 0 aliphatic carbocycles. The Balaban J connectivity index is 1.33. The van der Waals surface area contributed by atoms with Crippen LogP contribution in [0.25, 0.3) is 32.2 Å². The van der Waals surface area contributed by atoms with Crippen molar-refractivity contribution in [2.45, 2.75) is 119 Å². The van der Waals surface area contributed by atoms with E-state index in [1.807, 2.05) is 11.3 Å². The fourth-order valence-corrected chi connectivity index (χ4v) is 11.1. The van der Waals surface area contributed by atoms with Gasteiger partial charge in [0.1, 0.15) is 5.58 Å². The molecule has 0 amide bonds. The molecule has 10 rings (SSSR count). The number of thiophene rings is 1. The van der Waals surface area contributed by atoms with Crippen LogP contribution in [0.5, 0.6) is 0 Å². The molecule has 0 saturated carbocycles. The molecule has 0 fully saturated rings. The fraction of sp³-hybridized carbons (Fsp3) is 0.310. The van der Waals surface area contributed by atoms with E-state index >= 15 is 0 Å². The van der Waals surface area contributed by atoms with Crippen LogP contribution in [-0.2, 0) is 21.7 Å². The van der Waals surface area contributed by atoms with E-state index in [-0.39, 0.29) is 28.4 Å². The highest BCUT2D eigenvalue weighted by atomic mass is 32.1. The molecule has 0 N–H and O–H groups in total. The van der Waals surface area contributed by atoms with Gasteiger partial charge in [-0.3, -0.25) is 0 Å². The highest BCUT2D eigenvalue weighted by molar-refractivity contribution is 7.17.